The predicted molar refractivity (Wildman–Crippen MR) is 116 cm³/mol. The highest BCUT2D eigenvalue weighted by Gasteiger charge is 2.24. The molecule has 2 aromatic carbocycles. The number of nitrogens with zero attached hydrogens (tertiary/aromatic N) is 1. The van der Waals surface area contributed by atoms with Crippen LogP contribution >= 0.6 is 0 Å². The molecule has 0 spiro atoms. The summed E-state index contributed by atoms with van der Waals surface area (Å²) in [6, 6.07) is 15.7. The molecule has 0 saturated carbocycles. The Labute approximate surface area is 174 Å². The van der Waals surface area contributed by atoms with E-state index in [4.69, 9.17) is 9.47 Å². The van der Waals surface area contributed by atoms with Crippen LogP contribution in [0.4, 0.5) is 0 Å². The molecule has 2 aromatic rings. The maximum absolute atomic E-state index is 12.7. The molecule has 1 aliphatic heterocycles. The van der Waals surface area contributed by atoms with Gasteiger partial charge < -0.3 is 14.8 Å². The largest absolute Gasteiger partial charge is 0.497 e. The predicted octanol–water partition coefficient (Wildman–Crippen LogP) is 4.30. The third-order valence-corrected chi connectivity index (χ3v) is 5.24. The van der Waals surface area contributed by atoms with Gasteiger partial charge in [0.25, 0.3) is 5.91 Å². The van der Waals surface area contributed by atoms with Gasteiger partial charge in [-0.3, -0.25) is 9.69 Å². The van der Waals surface area contributed by atoms with Crippen molar-refractivity contribution in [3.63, 3.8) is 0 Å². The van der Waals surface area contributed by atoms with E-state index < -0.39 is 0 Å². The second-order valence-electron chi connectivity index (χ2n) is 7.97. The summed E-state index contributed by atoms with van der Waals surface area (Å²) < 4.78 is 11.0. The summed E-state index contributed by atoms with van der Waals surface area (Å²) in [5.41, 5.74) is 1.85. The van der Waals surface area contributed by atoms with E-state index in [1.54, 1.807) is 7.11 Å². The minimum Gasteiger partial charge on any atom is -0.497 e. The van der Waals surface area contributed by atoms with Crippen LogP contribution in [0.1, 0.15) is 48.7 Å². The van der Waals surface area contributed by atoms with Gasteiger partial charge in [0.2, 0.25) is 0 Å². The number of hydrogen-bond donors (Lipinski definition) is 1. The lowest BCUT2D eigenvalue weighted by Crippen LogP contribution is -2.36. The van der Waals surface area contributed by atoms with Gasteiger partial charge in [0.1, 0.15) is 11.5 Å². The molecule has 29 heavy (non-hydrogen) atoms. The average Bonchev–Trinajstić information content (AvgIpc) is 3.27. The van der Waals surface area contributed by atoms with Crippen LogP contribution in [0.3, 0.4) is 0 Å². The van der Waals surface area contributed by atoms with Crippen molar-refractivity contribution in [1.29, 1.82) is 0 Å². The standard InChI is InChI=1S/C24H32N2O3/c1-18(2)17-29-22-12-8-20(9-13-22)24(27)25-16-23(26-14-4-5-15-26)19-6-10-21(28-3)11-7-19/h6-13,18,23H,4-5,14-17H2,1-3H3,(H,25,27)/t23-/m0/s1. The smallest absolute Gasteiger partial charge is 0.251 e. The van der Waals surface area contributed by atoms with Crippen molar-refractivity contribution in [3.8, 4) is 11.5 Å². The number of benzene rings is 2. The summed E-state index contributed by atoms with van der Waals surface area (Å²) >= 11 is 0. The Balaban J connectivity index is 1.62. The minimum absolute atomic E-state index is 0.0573. The second kappa shape index (κ2) is 10.3. The Morgan fingerprint density at radius 3 is 2.21 bits per heavy atom. The number of nitrogens with one attached hydrogen (secondary N) is 1. The van der Waals surface area contributed by atoms with Crippen molar-refractivity contribution in [2.24, 2.45) is 5.92 Å². The maximum Gasteiger partial charge on any atom is 0.251 e. The van der Waals surface area contributed by atoms with Gasteiger partial charge in [-0.2, -0.15) is 0 Å². The van der Waals surface area contributed by atoms with Crippen LogP contribution in [0.15, 0.2) is 48.5 Å². The van der Waals surface area contributed by atoms with E-state index in [9.17, 15) is 4.79 Å². The number of ether oxygens (including phenoxy) is 2. The van der Waals surface area contributed by atoms with Crippen molar-refractivity contribution in [2.45, 2.75) is 32.7 Å². The molecule has 1 N–H and O–H groups in total. The SMILES string of the molecule is COc1ccc([C@H](CNC(=O)c2ccc(OCC(C)C)cc2)N2CCCC2)cc1. The van der Waals surface area contributed by atoms with Crippen LogP contribution < -0.4 is 14.8 Å². The van der Waals surface area contributed by atoms with Gasteiger partial charge in [-0.25, -0.2) is 0 Å². The molecule has 156 valence electrons. The van der Waals surface area contributed by atoms with Crippen molar-refractivity contribution in [2.75, 3.05) is 33.4 Å². The number of hydrogen-bond acceptors (Lipinski definition) is 4. The van der Waals surface area contributed by atoms with Gasteiger partial charge in [-0.05, 0) is 73.8 Å². The van der Waals surface area contributed by atoms with Gasteiger partial charge in [-0.15, -0.1) is 0 Å². The Bertz CT molecular complexity index is 766. The van der Waals surface area contributed by atoms with Crippen molar-refractivity contribution >= 4 is 5.91 Å². The van der Waals surface area contributed by atoms with E-state index in [0.717, 1.165) is 24.6 Å². The zero-order valence-electron chi connectivity index (χ0n) is 17.7. The molecule has 1 atom stereocenters. The summed E-state index contributed by atoms with van der Waals surface area (Å²) in [5, 5.41) is 3.12. The molecule has 0 aromatic heterocycles. The molecule has 0 radical (unpaired) electrons. The lowest BCUT2D eigenvalue weighted by Gasteiger charge is -2.28. The molecule has 1 heterocycles. The van der Waals surface area contributed by atoms with Gasteiger partial charge in [0, 0.05) is 12.1 Å². The molecule has 0 bridgehead atoms. The number of carbonyl (C=O) groups is 1. The molecule has 0 aliphatic carbocycles. The summed E-state index contributed by atoms with van der Waals surface area (Å²) in [7, 11) is 1.67. The van der Waals surface area contributed by atoms with Gasteiger partial charge in [-0.1, -0.05) is 26.0 Å². The van der Waals surface area contributed by atoms with Crippen LogP contribution in [0, 0.1) is 5.92 Å². The van der Waals surface area contributed by atoms with Gasteiger partial charge in [0.05, 0.1) is 19.8 Å². The Morgan fingerprint density at radius 1 is 1.00 bits per heavy atom. The summed E-state index contributed by atoms with van der Waals surface area (Å²) in [5.74, 6) is 2.05. The number of carbonyl (C=O) groups excluding carboxylic acids is 1. The van der Waals surface area contributed by atoms with Crippen LogP contribution in [-0.2, 0) is 0 Å². The zero-order valence-corrected chi connectivity index (χ0v) is 17.7. The topological polar surface area (TPSA) is 50.8 Å². The normalized spacial score (nSPS) is 15.3. The van der Waals surface area contributed by atoms with E-state index in [0.29, 0.717) is 24.6 Å². The highest BCUT2D eigenvalue weighted by atomic mass is 16.5. The van der Waals surface area contributed by atoms with Crippen molar-refractivity contribution < 1.29 is 14.3 Å². The molecule has 5 nitrogen and oxygen atoms in total. The molecule has 3 rings (SSSR count). The van der Waals surface area contributed by atoms with Crippen molar-refractivity contribution in [1.82, 2.24) is 10.2 Å². The van der Waals surface area contributed by atoms with E-state index in [1.165, 1.54) is 18.4 Å². The van der Waals surface area contributed by atoms with E-state index in [1.807, 2.05) is 36.4 Å². The molecule has 5 heteroatoms. The average molecular weight is 397 g/mol. The fraction of sp³-hybridized carbons (Fsp3) is 0.458. The van der Waals surface area contributed by atoms with Crippen LogP contribution in [0.5, 0.6) is 11.5 Å². The second-order valence-corrected chi connectivity index (χ2v) is 7.97. The molecule has 0 unspecified atom stereocenters. The first-order valence-corrected chi connectivity index (χ1v) is 10.5. The minimum atomic E-state index is -0.0573. The summed E-state index contributed by atoms with van der Waals surface area (Å²) in [4.78, 5) is 15.1. The van der Waals surface area contributed by atoms with E-state index >= 15 is 0 Å². The van der Waals surface area contributed by atoms with Crippen molar-refractivity contribution in [3.05, 3.63) is 59.7 Å². The molecular weight excluding hydrogens is 364 g/mol. The number of rotatable bonds is 9. The first kappa shape index (κ1) is 21.2. The highest BCUT2D eigenvalue weighted by molar-refractivity contribution is 5.94. The third kappa shape index (κ3) is 5.97. The molecule has 1 fully saturated rings. The third-order valence-electron chi connectivity index (χ3n) is 5.24. The first-order valence-electron chi connectivity index (χ1n) is 10.5. The zero-order chi connectivity index (χ0) is 20.6. The Morgan fingerprint density at radius 2 is 1.62 bits per heavy atom. The Hall–Kier alpha value is -2.53. The highest BCUT2D eigenvalue weighted by Crippen LogP contribution is 2.26. The monoisotopic (exact) mass is 396 g/mol. The fourth-order valence-corrected chi connectivity index (χ4v) is 3.59. The number of methoxy groups -OCH3 is 1. The first-order chi connectivity index (χ1) is 14.1. The quantitative estimate of drug-likeness (QED) is 0.687. The van der Waals surface area contributed by atoms with E-state index in [2.05, 4.69) is 36.2 Å². The number of amides is 1. The molecule has 1 saturated heterocycles. The molecule has 1 amide bonds. The van der Waals surface area contributed by atoms with Crippen LogP contribution in [-0.4, -0.2) is 44.2 Å². The summed E-state index contributed by atoms with van der Waals surface area (Å²) in [6.45, 7) is 7.60. The maximum atomic E-state index is 12.7. The lowest BCUT2D eigenvalue weighted by molar-refractivity contribution is 0.0938. The lowest BCUT2D eigenvalue weighted by atomic mass is 10.0. The van der Waals surface area contributed by atoms with Crippen LogP contribution in [0.2, 0.25) is 0 Å². The van der Waals surface area contributed by atoms with Crippen LogP contribution in [0.25, 0.3) is 0 Å². The summed E-state index contributed by atoms with van der Waals surface area (Å²) in [6.07, 6.45) is 2.41. The van der Waals surface area contributed by atoms with Gasteiger partial charge >= 0.3 is 0 Å². The van der Waals surface area contributed by atoms with Gasteiger partial charge in [0.15, 0.2) is 0 Å². The fourth-order valence-electron chi connectivity index (χ4n) is 3.59. The Kier molecular flexibility index (Phi) is 7.53. The van der Waals surface area contributed by atoms with E-state index in [-0.39, 0.29) is 11.9 Å². The number of likely N-dealkylation sites (tertiary alicyclic amines) is 1. The molecular formula is C24H32N2O3. The molecule has 1 aliphatic rings.